The third-order valence-corrected chi connectivity index (χ3v) is 3.74. The zero-order valence-electron chi connectivity index (χ0n) is 13.8. The molecule has 0 unspecified atom stereocenters. The number of carbonyl (C=O) groups is 2. The van der Waals surface area contributed by atoms with Crippen molar-refractivity contribution in [2.75, 3.05) is 33.7 Å². The van der Waals surface area contributed by atoms with Crippen LogP contribution in [-0.2, 0) is 9.59 Å². The minimum Gasteiger partial charge on any atom is -0.353 e. The first-order valence-corrected chi connectivity index (χ1v) is 7.81. The SMILES string of the molecule is CC(C)C[C@H](N)C(=O)N1CCC[C@H]1C(=O)NCCN(C)C. The second kappa shape index (κ2) is 8.34. The van der Waals surface area contributed by atoms with Crippen molar-refractivity contribution in [1.82, 2.24) is 15.1 Å². The molecule has 0 saturated carbocycles. The molecule has 1 fully saturated rings. The third kappa shape index (κ3) is 5.63. The molecule has 1 aliphatic rings. The number of hydrogen-bond acceptors (Lipinski definition) is 4. The van der Waals surface area contributed by atoms with E-state index in [4.69, 9.17) is 5.73 Å². The van der Waals surface area contributed by atoms with Gasteiger partial charge < -0.3 is 20.9 Å². The molecule has 2 atom stereocenters. The molecule has 6 heteroatoms. The zero-order valence-corrected chi connectivity index (χ0v) is 13.8. The molecule has 1 heterocycles. The van der Waals surface area contributed by atoms with Crippen molar-refractivity contribution in [3.8, 4) is 0 Å². The first-order valence-electron chi connectivity index (χ1n) is 7.81. The Morgan fingerprint density at radius 1 is 1.38 bits per heavy atom. The molecule has 21 heavy (non-hydrogen) atoms. The van der Waals surface area contributed by atoms with Crippen LogP contribution in [0.4, 0.5) is 0 Å². The summed E-state index contributed by atoms with van der Waals surface area (Å²) < 4.78 is 0. The van der Waals surface area contributed by atoms with E-state index >= 15 is 0 Å². The number of nitrogens with one attached hydrogen (secondary N) is 1. The molecule has 0 radical (unpaired) electrons. The molecule has 1 rings (SSSR count). The molecular weight excluding hydrogens is 268 g/mol. The summed E-state index contributed by atoms with van der Waals surface area (Å²) in [6, 6.07) is -0.849. The lowest BCUT2D eigenvalue weighted by Gasteiger charge is -2.27. The minimum absolute atomic E-state index is 0.0561. The Morgan fingerprint density at radius 2 is 2.05 bits per heavy atom. The van der Waals surface area contributed by atoms with Crippen LogP contribution in [0, 0.1) is 5.92 Å². The van der Waals surface area contributed by atoms with Crippen LogP contribution in [0.15, 0.2) is 0 Å². The normalized spacial score (nSPS) is 20.1. The molecule has 0 aromatic heterocycles. The quantitative estimate of drug-likeness (QED) is 0.695. The number of carbonyl (C=O) groups excluding carboxylic acids is 2. The third-order valence-electron chi connectivity index (χ3n) is 3.74. The predicted molar refractivity (Wildman–Crippen MR) is 83.7 cm³/mol. The van der Waals surface area contributed by atoms with Gasteiger partial charge in [-0.15, -0.1) is 0 Å². The van der Waals surface area contributed by atoms with Gasteiger partial charge in [-0.3, -0.25) is 9.59 Å². The highest BCUT2D eigenvalue weighted by Gasteiger charge is 2.35. The molecular formula is C15H30N4O2. The molecule has 1 saturated heterocycles. The van der Waals surface area contributed by atoms with Gasteiger partial charge in [0.15, 0.2) is 0 Å². The van der Waals surface area contributed by atoms with Crippen LogP contribution < -0.4 is 11.1 Å². The van der Waals surface area contributed by atoms with Crippen LogP contribution in [0.25, 0.3) is 0 Å². The summed E-state index contributed by atoms with van der Waals surface area (Å²) in [4.78, 5) is 28.3. The highest BCUT2D eigenvalue weighted by atomic mass is 16.2. The number of amides is 2. The van der Waals surface area contributed by atoms with E-state index < -0.39 is 6.04 Å². The maximum absolute atomic E-state index is 12.4. The molecule has 1 aliphatic heterocycles. The van der Waals surface area contributed by atoms with Gasteiger partial charge in [-0.25, -0.2) is 0 Å². The van der Waals surface area contributed by atoms with Gasteiger partial charge >= 0.3 is 0 Å². The van der Waals surface area contributed by atoms with Crippen LogP contribution in [-0.4, -0.2) is 67.4 Å². The Bertz CT molecular complexity index is 358. The Kier molecular flexibility index (Phi) is 7.11. The molecule has 122 valence electrons. The maximum Gasteiger partial charge on any atom is 0.242 e. The van der Waals surface area contributed by atoms with Crippen molar-refractivity contribution >= 4 is 11.8 Å². The van der Waals surface area contributed by atoms with Crippen LogP contribution in [0.3, 0.4) is 0 Å². The summed E-state index contributed by atoms with van der Waals surface area (Å²) in [6.07, 6.45) is 2.25. The van der Waals surface area contributed by atoms with E-state index in [1.807, 2.05) is 32.8 Å². The molecule has 0 aromatic rings. The van der Waals surface area contributed by atoms with Gasteiger partial charge in [-0.05, 0) is 39.3 Å². The fraction of sp³-hybridized carbons (Fsp3) is 0.867. The highest BCUT2D eigenvalue weighted by Crippen LogP contribution is 2.19. The summed E-state index contributed by atoms with van der Waals surface area (Å²) in [5.41, 5.74) is 5.97. The van der Waals surface area contributed by atoms with Gasteiger partial charge in [0.05, 0.1) is 6.04 Å². The van der Waals surface area contributed by atoms with Gasteiger partial charge in [0.2, 0.25) is 11.8 Å². The second-order valence-electron chi connectivity index (χ2n) is 6.52. The molecule has 0 aromatic carbocycles. The number of rotatable bonds is 7. The minimum atomic E-state index is -0.500. The molecule has 3 N–H and O–H groups in total. The predicted octanol–water partition coefficient (Wildman–Crippen LogP) is 0.0286. The number of likely N-dealkylation sites (tertiary alicyclic amines) is 1. The van der Waals surface area contributed by atoms with Crippen molar-refractivity contribution in [1.29, 1.82) is 0 Å². The molecule has 0 aliphatic carbocycles. The molecule has 6 nitrogen and oxygen atoms in total. The summed E-state index contributed by atoms with van der Waals surface area (Å²) in [5.74, 6) is 0.229. The topological polar surface area (TPSA) is 78.7 Å². The summed E-state index contributed by atoms with van der Waals surface area (Å²) in [5, 5.41) is 2.91. The van der Waals surface area contributed by atoms with E-state index in [2.05, 4.69) is 5.32 Å². The van der Waals surface area contributed by atoms with Gasteiger partial charge in [0.25, 0.3) is 0 Å². The fourth-order valence-electron chi connectivity index (χ4n) is 2.65. The number of likely N-dealkylation sites (N-methyl/N-ethyl adjacent to an activating group) is 1. The van der Waals surface area contributed by atoms with Crippen molar-refractivity contribution in [2.45, 2.75) is 45.2 Å². The van der Waals surface area contributed by atoms with E-state index in [1.54, 1.807) is 4.90 Å². The standard InChI is InChI=1S/C15H30N4O2/c1-11(2)10-12(16)15(21)19-8-5-6-13(19)14(20)17-7-9-18(3)4/h11-13H,5-10,16H2,1-4H3,(H,17,20)/t12-,13-/m0/s1. The maximum atomic E-state index is 12.4. The largest absolute Gasteiger partial charge is 0.353 e. The number of nitrogens with zero attached hydrogens (tertiary/aromatic N) is 2. The van der Waals surface area contributed by atoms with Crippen LogP contribution in [0.1, 0.15) is 33.1 Å². The van der Waals surface area contributed by atoms with Crippen molar-refractivity contribution in [3.63, 3.8) is 0 Å². The molecule has 0 bridgehead atoms. The Balaban J connectivity index is 2.53. The first-order chi connectivity index (χ1) is 9.82. The zero-order chi connectivity index (χ0) is 16.0. The van der Waals surface area contributed by atoms with E-state index in [-0.39, 0.29) is 17.9 Å². The van der Waals surface area contributed by atoms with E-state index in [0.29, 0.717) is 25.4 Å². The van der Waals surface area contributed by atoms with Gasteiger partial charge in [-0.1, -0.05) is 13.8 Å². The lowest BCUT2D eigenvalue weighted by molar-refractivity contribution is -0.139. The van der Waals surface area contributed by atoms with Crippen LogP contribution in [0.2, 0.25) is 0 Å². The van der Waals surface area contributed by atoms with Gasteiger partial charge in [0.1, 0.15) is 6.04 Å². The van der Waals surface area contributed by atoms with Crippen molar-refractivity contribution < 1.29 is 9.59 Å². The smallest absolute Gasteiger partial charge is 0.242 e. The van der Waals surface area contributed by atoms with Gasteiger partial charge in [-0.2, -0.15) is 0 Å². The lowest BCUT2D eigenvalue weighted by Crippen LogP contribution is -2.52. The van der Waals surface area contributed by atoms with Crippen LogP contribution in [0.5, 0.6) is 0 Å². The number of hydrogen-bond donors (Lipinski definition) is 2. The Morgan fingerprint density at radius 3 is 2.62 bits per heavy atom. The number of nitrogens with two attached hydrogens (primary N) is 1. The van der Waals surface area contributed by atoms with Gasteiger partial charge in [0, 0.05) is 19.6 Å². The van der Waals surface area contributed by atoms with E-state index in [9.17, 15) is 9.59 Å². The lowest BCUT2D eigenvalue weighted by atomic mass is 10.0. The summed E-state index contributed by atoms with van der Waals surface area (Å²) >= 11 is 0. The highest BCUT2D eigenvalue weighted by molar-refractivity contribution is 5.90. The Labute approximate surface area is 128 Å². The fourth-order valence-corrected chi connectivity index (χ4v) is 2.65. The Hall–Kier alpha value is -1.14. The van der Waals surface area contributed by atoms with Crippen molar-refractivity contribution in [3.05, 3.63) is 0 Å². The van der Waals surface area contributed by atoms with E-state index in [1.165, 1.54) is 0 Å². The second-order valence-corrected chi connectivity index (χ2v) is 6.52. The van der Waals surface area contributed by atoms with E-state index in [0.717, 1.165) is 19.4 Å². The average Bonchev–Trinajstić information content (AvgIpc) is 2.85. The molecule has 0 spiro atoms. The molecule has 2 amide bonds. The van der Waals surface area contributed by atoms with Crippen LogP contribution >= 0.6 is 0 Å². The first kappa shape index (κ1) is 17.9. The average molecular weight is 298 g/mol. The summed E-state index contributed by atoms with van der Waals surface area (Å²) in [6.45, 7) is 6.11. The monoisotopic (exact) mass is 298 g/mol. The van der Waals surface area contributed by atoms with Crippen molar-refractivity contribution in [2.24, 2.45) is 11.7 Å². The summed E-state index contributed by atoms with van der Waals surface area (Å²) in [7, 11) is 3.92.